The molecule has 1 aromatic carbocycles. The number of nitrogens with one attached hydrogen (secondary N) is 2. The van der Waals surface area contributed by atoms with Crippen LogP contribution in [0.2, 0.25) is 0 Å². The summed E-state index contributed by atoms with van der Waals surface area (Å²) in [6.45, 7) is 4.99. The third-order valence-electron chi connectivity index (χ3n) is 5.12. The number of nitrogens with zero attached hydrogens (tertiary/aromatic N) is 1. The number of hydrogen-bond acceptors (Lipinski definition) is 3. The zero-order chi connectivity index (χ0) is 17.5. The van der Waals surface area contributed by atoms with Crippen LogP contribution >= 0.6 is 0 Å². The molecule has 0 aromatic heterocycles. The topological polar surface area (TPSA) is 65.9 Å². The molecule has 1 saturated carbocycles. The van der Waals surface area contributed by atoms with Crippen molar-refractivity contribution in [2.45, 2.75) is 57.5 Å². The molecular weight excluding hydrogens is 314 g/mol. The molecule has 2 aliphatic rings. The number of ether oxygens (including phenoxy) is 1. The third kappa shape index (κ3) is 5.11. The summed E-state index contributed by atoms with van der Waals surface area (Å²) < 4.78 is 5.56. The Labute approximate surface area is 150 Å². The van der Waals surface area contributed by atoms with E-state index >= 15 is 0 Å². The van der Waals surface area contributed by atoms with E-state index in [1.165, 1.54) is 17.5 Å². The van der Waals surface area contributed by atoms with Crippen molar-refractivity contribution in [3.05, 3.63) is 29.3 Å². The molecule has 0 unspecified atom stereocenters. The van der Waals surface area contributed by atoms with Gasteiger partial charge in [-0.3, -0.25) is 4.99 Å². The summed E-state index contributed by atoms with van der Waals surface area (Å²) in [4.78, 5) is 4.62. The van der Waals surface area contributed by atoms with E-state index in [2.05, 4.69) is 40.7 Å². The summed E-state index contributed by atoms with van der Waals surface area (Å²) >= 11 is 0. The third-order valence-corrected chi connectivity index (χ3v) is 5.12. The maximum absolute atomic E-state index is 10.6. The van der Waals surface area contributed by atoms with Crippen molar-refractivity contribution in [1.82, 2.24) is 10.6 Å². The Kier molecular flexibility index (Phi) is 6.19. The van der Waals surface area contributed by atoms with Gasteiger partial charge in [-0.2, -0.15) is 0 Å². The molecule has 0 spiro atoms. The molecule has 0 saturated heterocycles. The first-order chi connectivity index (χ1) is 12.2. The van der Waals surface area contributed by atoms with E-state index in [1.54, 1.807) is 0 Å². The highest BCUT2D eigenvalue weighted by Gasteiger charge is 2.28. The Morgan fingerprint density at radius 2 is 2.08 bits per heavy atom. The molecule has 5 heteroatoms. The minimum atomic E-state index is -0.611. The highest BCUT2D eigenvalue weighted by atomic mass is 16.5. The van der Waals surface area contributed by atoms with Crippen molar-refractivity contribution in [1.29, 1.82) is 0 Å². The SMILES string of the molecule is CCNC(=NCC1(O)CCCCC1)NCCc1ccc2c(c1)CCO2. The van der Waals surface area contributed by atoms with Gasteiger partial charge in [0.25, 0.3) is 0 Å². The van der Waals surface area contributed by atoms with Gasteiger partial charge in [0.15, 0.2) is 5.96 Å². The highest BCUT2D eigenvalue weighted by Crippen LogP contribution is 2.28. The average molecular weight is 345 g/mol. The molecular formula is C20H31N3O2. The van der Waals surface area contributed by atoms with Gasteiger partial charge in [-0.05, 0) is 43.4 Å². The lowest BCUT2D eigenvalue weighted by atomic mass is 9.85. The van der Waals surface area contributed by atoms with Crippen LogP contribution in [0.15, 0.2) is 23.2 Å². The molecule has 0 amide bonds. The second-order valence-electron chi connectivity index (χ2n) is 7.20. The summed E-state index contributed by atoms with van der Waals surface area (Å²) in [5, 5.41) is 17.3. The lowest BCUT2D eigenvalue weighted by Crippen LogP contribution is -2.41. The number of aliphatic hydroxyl groups is 1. The molecule has 1 heterocycles. The summed E-state index contributed by atoms with van der Waals surface area (Å²) in [6.07, 6.45) is 7.15. The van der Waals surface area contributed by atoms with E-state index in [9.17, 15) is 5.11 Å². The molecule has 3 N–H and O–H groups in total. The van der Waals surface area contributed by atoms with Crippen molar-refractivity contribution >= 4 is 5.96 Å². The first-order valence-electron chi connectivity index (χ1n) is 9.68. The van der Waals surface area contributed by atoms with Crippen LogP contribution in [-0.4, -0.2) is 42.9 Å². The maximum atomic E-state index is 10.6. The normalized spacial score (nSPS) is 19.2. The fourth-order valence-corrected chi connectivity index (χ4v) is 3.66. The first kappa shape index (κ1) is 18.1. The minimum Gasteiger partial charge on any atom is -0.493 e. The number of hydrogen-bond donors (Lipinski definition) is 3. The Morgan fingerprint density at radius 1 is 1.24 bits per heavy atom. The smallest absolute Gasteiger partial charge is 0.191 e. The molecule has 1 aliphatic heterocycles. The van der Waals surface area contributed by atoms with Crippen LogP contribution in [0.5, 0.6) is 5.75 Å². The highest BCUT2D eigenvalue weighted by molar-refractivity contribution is 5.79. The first-order valence-corrected chi connectivity index (χ1v) is 9.68. The zero-order valence-electron chi connectivity index (χ0n) is 15.3. The van der Waals surface area contributed by atoms with Crippen LogP contribution in [0.4, 0.5) is 0 Å². The Morgan fingerprint density at radius 3 is 2.88 bits per heavy atom. The van der Waals surface area contributed by atoms with E-state index in [0.29, 0.717) is 6.54 Å². The summed E-state index contributed by atoms with van der Waals surface area (Å²) in [5.41, 5.74) is 2.02. The zero-order valence-corrected chi connectivity index (χ0v) is 15.3. The van der Waals surface area contributed by atoms with Gasteiger partial charge in [-0.15, -0.1) is 0 Å². The van der Waals surface area contributed by atoms with Crippen LogP contribution in [0.3, 0.4) is 0 Å². The van der Waals surface area contributed by atoms with E-state index in [-0.39, 0.29) is 0 Å². The van der Waals surface area contributed by atoms with Crippen molar-refractivity contribution in [3.63, 3.8) is 0 Å². The van der Waals surface area contributed by atoms with Gasteiger partial charge in [-0.25, -0.2) is 0 Å². The van der Waals surface area contributed by atoms with E-state index in [0.717, 1.165) is 69.9 Å². The summed E-state index contributed by atoms with van der Waals surface area (Å²) in [7, 11) is 0. The van der Waals surface area contributed by atoms with Crippen LogP contribution in [0.1, 0.15) is 50.2 Å². The Hall–Kier alpha value is -1.75. The standard InChI is InChI=1S/C20H31N3O2/c1-2-21-19(23-15-20(24)10-4-3-5-11-20)22-12-8-16-6-7-18-17(14-16)9-13-25-18/h6-7,14,24H,2-5,8-13,15H2,1H3,(H2,21,22,23). The van der Waals surface area contributed by atoms with Crippen molar-refractivity contribution < 1.29 is 9.84 Å². The lowest BCUT2D eigenvalue weighted by Gasteiger charge is -2.30. The van der Waals surface area contributed by atoms with Crippen molar-refractivity contribution in [3.8, 4) is 5.75 Å². The number of aliphatic imine (C=N–C) groups is 1. The largest absolute Gasteiger partial charge is 0.493 e. The average Bonchev–Trinajstić information content (AvgIpc) is 3.08. The lowest BCUT2D eigenvalue weighted by molar-refractivity contribution is 0.0131. The van der Waals surface area contributed by atoms with Gasteiger partial charge in [-0.1, -0.05) is 31.4 Å². The number of guanidine groups is 1. The van der Waals surface area contributed by atoms with Crippen molar-refractivity contribution in [2.75, 3.05) is 26.2 Å². The molecule has 1 fully saturated rings. The van der Waals surface area contributed by atoms with Gasteiger partial charge in [0, 0.05) is 19.5 Å². The van der Waals surface area contributed by atoms with Gasteiger partial charge in [0.05, 0.1) is 18.8 Å². The molecule has 5 nitrogen and oxygen atoms in total. The van der Waals surface area contributed by atoms with E-state index in [1.807, 2.05) is 0 Å². The van der Waals surface area contributed by atoms with E-state index < -0.39 is 5.60 Å². The van der Waals surface area contributed by atoms with Gasteiger partial charge < -0.3 is 20.5 Å². The predicted molar refractivity (Wildman–Crippen MR) is 101 cm³/mol. The maximum Gasteiger partial charge on any atom is 0.191 e. The van der Waals surface area contributed by atoms with Gasteiger partial charge in [0.2, 0.25) is 0 Å². The predicted octanol–water partition coefficient (Wildman–Crippen LogP) is 2.41. The Balaban J connectivity index is 1.50. The summed E-state index contributed by atoms with van der Waals surface area (Å²) in [5.74, 6) is 1.83. The van der Waals surface area contributed by atoms with Gasteiger partial charge in [0.1, 0.15) is 5.75 Å². The monoisotopic (exact) mass is 345 g/mol. The van der Waals surface area contributed by atoms with Crippen molar-refractivity contribution in [2.24, 2.45) is 4.99 Å². The minimum absolute atomic E-state index is 0.485. The molecule has 3 rings (SSSR count). The fourth-order valence-electron chi connectivity index (χ4n) is 3.66. The summed E-state index contributed by atoms with van der Waals surface area (Å²) in [6, 6.07) is 6.47. The van der Waals surface area contributed by atoms with Crippen LogP contribution < -0.4 is 15.4 Å². The van der Waals surface area contributed by atoms with Crippen LogP contribution in [0.25, 0.3) is 0 Å². The quantitative estimate of drug-likeness (QED) is 0.547. The molecule has 1 aromatic rings. The Bertz CT molecular complexity index is 595. The second-order valence-corrected chi connectivity index (χ2v) is 7.20. The van der Waals surface area contributed by atoms with Crippen LogP contribution in [-0.2, 0) is 12.8 Å². The molecule has 0 radical (unpaired) electrons. The van der Waals surface area contributed by atoms with E-state index in [4.69, 9.17) is 4.74 Å². The van der Waals surface area contributed by atoms with Crippen LogP contribution in [0, 0.1) is 0 Å². The van der Waals surface area contributed by atoms with Gasteiger partial charge >= 0.3 is 0 Å². The second kappa shape index (κ2) is 8.56. The fraction of sp³-hybridized carbons (Fsp3) is 0.650. The molecule has 0 atom stereocenters. The molecule has 0 bridgehead atoms. The number of rotatable bonds is 6. The number of fused-ring (bicyclic) bond motifs is 1. The molecule has 138 valence electrons. The molecule has 1 aliphatic carbocycles. The molecule has 25 heavy (non-hydrogen) atoms. The number of benzene rings is 1.